The molecule has 110 valence electrons. The molecule has 4 nitrogen and oxygen atoms in total. The van der Waals surface area contributed by atoms with E-state index in [1.165, 1.54) is 13.1 Å². The minimum atomic E-state index is -0.472. The third kappa shape index (κ3) is 3.84. The molecular weight excluding hydrogens is 400 g/mol. The fraction of sp³-hybridized carbons (Fsp3) is 0.133. The number of benzene rings is 1. The maximum Gasteiger partial charge on any atom is 0.269 e. The van der Waals surface area contributed by atoms with Crippen molar-refractivity contribution in [2.45, 2.75) is 6.92 Å². The normalized spacial score (nSPS) is 11.1. The topological polar surface area (TPSA) is 45.5 Å². The molecule has 0 unspecified atom stereocenters. The van der Waals surface area contributed by atoms with Crippen LogP contribution in [-0.4, -0.2) is 27.8 Å². The molecule has 6 heteroatoms. The van der Waals surface area contributed by atoms with Crippen molar-refractivity contribution in [3.05, 3.63) is 56.7 Å². The van der Waals surface area contributed by atoms with Crippen molar-refractivity contribution in [1.29, 1.82) is 0 Å². The van der Waals surface area contributed by atoms with E-state index >= 15 is 0 Å². The van der Waals surface area contributed by atoms with Gasteiger partial charge in [0.1, 0.15) is 0 Å². The van der Waals surface area contributed by atoms with Gasteiger partial charge in [0.2, 0.25) is 0 Å². The first kappa shape index (κ1) is 16.0. The molecule has 1 amide bonds. The predicted molar refractivity (Wildman–Crippen MR) is 89.5 cm³/mol. The van der Waals surface area contributed by atoms with Crippen molar-refractivity contribution in [2.75, 3.05) is 7.05 Å². The Labute approximate surface area is 139 Å². The van der Waals surface area contributed by atoms with E-state index in [-0.39, 0.29) is 0 Å². The largest absolute Gasteiger partial charge is 0.321 e. The van der Waals surface area contributed by atoms with E-state index in [1.54, 1.807) is 6.08 Å². The molecular formula is C15H14Br2N2O2. The van der Waals surface area contributed by atoms with Gasteiger partial charge in [-0.25, -0.2) is 5.06 Å². The van der Waals surface area contributed by atoms with Crippen LogP contribution in [0.1, 0.15) is 11.1 Å². The Balaban J connectivity index is 2.31. The summed E-state index contributed by atoms with van der Waals surface area (Å²) in [5.41, 5.74) is 3.01. The first-order valence-corrected chi connectivity index (χ1v) is 7.75. The first-order valence-electron chi connectivity index (χ1n) is 6.17. The van der Waals surface area contributed by atoms with Gasteiger partial charge in [-0.2, -0.15) is 0 Å². The average Bonchev–Trinajstić information content (AvgIpc) is 2.83. The Bertz CT molecular complexity index is 682. The molecule has 1 heterocycles. The number of amides is 1. The molecule has 0 saturated heterocycles. The molecule has 1 N–H and O–H groups in total. The van der Waals surface area contributed by atoms with Gasteiger partial charge in [-0.3, -0.25) is 10.0 Å². The van der Waals surface area contributed by atoms with E-state index in [4.69, 9.17) is 5.21 Å². The summed E-state index contributed by atoms with van der Waals surface area (Å²) in [6.45, 7) is 2.03. The maximum absolute atomic E-state index is 11.3. The maximum atomic E-state index is 11.3. The van der Waals surface area contributed by atoms with Crippen molar-refractivity contribution in [3.63, 3.8) is 0 Å². The number of carbonyl (C=O) groups excluding carboxylic acids is 1. The van der Waals surface area contributed by atoms with E-state index < -0.39 is 5.91 Å². The van der Waals surface area contributed by atoms with E-state index in [0.717, 1.165) is 25.8 Å². The Kier molecular flexibility index (Phi) is 5.03. The summed E-state index contributed by atoms with van der Waals surface area (Å²) in [7, 11) is 1.29. The van der Waals surface area contributed by atoms with Gasteiger partial charge in [0.25, 0.3) is 5.91 Å². The van der Waals surface area contributed by atoms with Crippen molar-refractivity contribution < 1.29 is 10.0 Å². The van der Waals surface area contributed by atoms with Crippen molar-refractivity contribution in [2.24, 2.45) is 0 Å². The molecule has 0 aliphatic heterocycles. The molecule has 2 rings (SSSR count). The van der Waals surface area contributed by atoms with Crippen LogP contribution in [0.15, 0.2) is 45.6 Å². The lowest BCUT2D eigenvalue weighted by molar-refractivity contribution is -0.153. The fourth-order valence-electron chi connectivity index (χ4n) is 1.86. The Hall–Kier alpha value is -1.37. The molecule has 0 aliphatic carbocycles. The molecule has 0 radical (unpaired) electrons. The summed E-state index contributed by atoms with van der Waals surface area (Å²) in [5.74, 6) is -0.472. The van der Waals surface area contributed by atoms with Gasteiger partial charge >= 0.3 is 0 Å². The van der Waals surface area contributed by atoms with Crippen molar-refractivity contribution in [3.8, 4) is 5.69 Å². The van der Waals surface area contributed by atoms with Crippen LogP contribution in [0.5, 0.6) is 0 Å². The number of nitrogens with zero attached hydrogens (tertiary/aromatic N) is 2. The molecule has 0 bridgehead atoms. The average molecular weight is 414 g/mol. The van der Waals surface area contributed by atoms with Crippen LogP contribution in [0.4, 0.5) is 0 Å². The van der Waals surface area contributed by atoms with Gasteiger partial charge in [-0.05, 0) is 74.2 Å². The zero-order chi connectivity index (χ0) is 15.6. The summed E-state index contributed by atoms with van der Waals surface area (Å²) in [6.07, 6.45) is 6.79. The van der Waals surface area contributed by atoms with Crippen LogP contribution in [0.2, 0.25) is 0 Å². The highest BCUT2D eigenvalue weighted by Gasteiger charge is 2.08. The number of rotatable bonds is 3. The van der Waals surface area contributed by atoms with Crippen LogP contribution >= 0.6 is 31.9 Å². The Morgan fingerprint density at radius 3 is 2.52 bits per heavy atom. The van der Waals surface area contributed by atoms with Gasteiger partial charge < -0.3 is 4.57 Å². The number of carbonyl (C=O) groups is 1. The summed E-state index contributed by atoms with van der Waals surface area (Å²) >= 11 is 7.12. The van der Waals surface area contributed by atoms with Crippen LogP contribution in [-0.2, 0) is 4.79 Å². The van der Waals surface area contributed by atoms with E-state index in [9.17, 15) is 4.79 Å². The van der Waals surface area contributed by atoms with Crippen LogP contribution in [0.25, 0.3) is 11.8 Å². The highest BCUT2D eigenvalue weighted by Crippen LogP contribution is 2.31. The number of likely N-dealkylation sites (N-methyl/N-ethyl adjacent to an activating group) is 1. The predicted octanol–water partition coefficient (Wildman–Crippen LogP) is 4.17. The number of halogens is 2. The van der Waals surface area contributed by atoms with Crippen LogP contribution in [0.3, 0.4) is 0 Å². The molecule has 1 aromatic carbocycles. The standard InChI is InChI=1S/C15H14Br2N2O2/c1-10-7-12(16)15(13(17)8-10)19-6-5-11(9-19)3-4-14(20)18(2)21/h3-9,21H,1-2H3. The van der Waals surface area contributed by atoms with Crippen LogP contribution < -0.4 is 0 Å². The molecule has 1 aromatic heterocycles. The molecule has 0 fully saturated rings. The van der Waals surface area contributed by atoms with Gasteiger partial charge in [-0.1, -0.05) is 0 Å². The SMILES string of the molecule is Cc1cc(Br)c(-n2ccc(C=CC(=O)N(C)O)c2)c(Br)c1. The molecule has 21 heavy (non-hydrogen) atoms. The Morgan fingerprint density at radius 2 is 1.95 bits per heavy atom. The highest BCUT2D eigenvalue weighted by atomic mass is 79.9. The molecule has 0 aliphatic rings. The third-order valence-corrected chi connectivity index (χ3v) is 4.08. The zero-order valence-corrected chi connectivity index (χ0v) is 14.7. The summed E-state index contributed by atoms with van der Waals surface area (Å²) < 4.78 is 3.92. The lowest BCUT2D eigenvalue weighted by Crippen LogP contribution is -2.19. The number of hydrogen-bond donors (Lipinski definition) is 1. The molecule has 0 saturated carbocycles. The summed E-state index contributed by atoms with van der Waals surface area (Å²) in [6, 6.07) is 5.97. The lowest BCUT2D eigenvalue weighted by atomic mass is 10.2. The van der Waals surface area contributed by atoms with Gasteiger partial charge in [-0.15, -0.1) is 0 Å². The van der Waals surface area contributed by atoms with Crippen LogP contribution in [0, 0.1) is 6.92 Å². The summed E-state index contributed by atoms with van der Waals surface area (Å²) in [4.78, 5) is 11.3. The summed E-state index contributed by atoms with van der Waals surface area (Å²) in [5, 5.41) is 9.54. The Morgan fingerprint density at radius 1 is 1.33 bits per heavy atom. The number of hydroxylamine groups is 2. The second kappa shape index (κ2) is 6.60. The minimum absolute atomic E-state index is 0.472. The van der Waals surface area contributed by atoms with E-state index in [0.29, 0.717) is 5.06 Å². The van der Waals surface area contributed by atoms with Gasteiger partial charge in [0.05, 0.1) is 5.69 Å². The van der Waals surface area contributed by atoms with Gasteiger partial charge in [0.15, 0.2) is 0 Å². The third-order valence-electron chi connectivity index (χ3n) is 2.87. The second-order valence-corrected chi connectivity index (χ2v) is 6.33. The van der Waals surface area contributed by atoms with Crippen molar-refractivity contribution in [1.82, 2.24) is 9.63 Å². The molecule has 0 atom stereocenters. The van der Waals surface area contributed by atoms with Gasteiger partial charge in [0, 0.05) is 34.5 Å². The highest BCUT2D eigenvalue weighted by molar-refractivity contribution is 9.11. The molecule has 0 spiro atoms. The smallest absolute Gasteiger partial charge is 0.269 e. The quantitative estimate of drug-likeness (QED) is 0.466. The fourth-order valence-corrected chi connectivity index (χ4v) is 3.69. The second-order valence-electron chi connectivity index (χ2n) is 4.62. The number of hydrogen-bond acceptors (Lipinski definition) is 2. The first-order chi connectivity index (χ1) is 9.88. The number of aromatic nitrogens is 1. The monoisotopic (exact) mass is 412 g/mol. The number of aryl methyl sites for hydroxylation is 1. The lowest BCUT2D eigenvalue weighted by Gasteiger charge is -2.10. The van der Waals surface area contributed by atoms with E-state index in [2.05, 4.69) is 31.9 Å². The van der Waals surface area contributed by atoms with Crippen molar-refractivity contribution >= 4 is 43.8 Å². The minimum Gasteiger partial charge on any atom is -0.321 e. The van der Waals surface area contributed by atoms with E-state index in [1.807, 2.05) is 42.1 Å². The molecule has 2 aromatic rings. The zero-order valence-electron chi connectivity index (χ0n) is 11.5.